The molecule has 0 N–H and O–H groups in total. The van der Waals surface area contributed by atoms with Gasteiger partial charge in [0.05, 0.1) is 19.3 Å². The van der Waals surface area contributed by atoms with Gasteiger partial charge in [0, 0.05) is 18.0 Å². The highest BCUT2D eigenvalue weighted by Gasteiger charge is 2.25. The molecule has 106 valence electrons. The lowest BCUT2D eigenvalue weighted by atomic mass is 9.96. The van der Waals surface area contributed by atoms with Crippen LogP contribution < -0.4 is 4.90 Å². The molecule has 1 unspecified atom stereocenters. The van der Waals surface area contributed by atoms with E-state index in [1.807, 2.05) is 6.07 Å². The summed E-state index contributed by atoms with van der Waals surface area (Å²) in [7, 11) is 0. The SMILES string of the molecule is CCC1COCCN1c1cc(Cl)nc(C(C)(C)C)n1. The minimum atomic E-state index is -0.104. The topological polar surface area (TPSA) is 38.2 Å². The molecule has 0 aromatic carbocycles. The van der Waals surface area contributed by atoms with E-state index in [1.54, 1.807) is 0 Å². The van der Waals surface area contributed by atoms with E-state index in [0.717, 1.165) is 37.8 Å². The number of rotatable bonds is 2. The summed E-state index contributed by atoms with van der Waals surface area (Å²) in [4.78, 5) is 11.3. The molecule has 1 atom stereocenters. The molecule has 4 nitrogen and oxygen atoms in total. The molecule has 1 aromatic heterocycles. The zero-order valence-electron chi connectivity index (χ0n) is 12.1. The molecule has 0 saturated carbocycles. The van der Waals surface area contributed by atoms with Crippen LogP contribution >= 0.6 is 11.6 Å². The van der Waals surface area contributed by atoms with E-state index in [9.17, 15) is 0 Å². The highest BCUT2D eigenvalue weighted by Crippen LogP contribution is 2.26. The lowest BCUT2D eigenvalue weighted by Crippen LogP contribution is -2.45. The fourth-order valence-corrected chi connectivity index (χ4v) is 2.36. The van der Waals surface area contributed by atoms with Crippen LogP contribution in [0.15, 0.2) is 6.07 Å². The number of halogens is 1. The van der Waals surface area contributed by atoms with Crippen molar-refractivity contribution in [3.63, 3.8) is 0 Å². The van der Waals surface area contributed by atoms with Crippen LogP contribution in [0.5, 0.6) is 0 Å². The largest absolute Gasteiger partial charge is 0.377 e. The molecule has 1 aliphatic heterocycles. The molecule has 0 amide bonds. The molecule has 2 heterocycles. The van der Waals surface area contributed by atoms with E-state index in [0.29, 0.717) is 11.2 Å². The maximum atomic E-state index is 6.16. The third-order valence-corrected chi connectivity index (χ3v) is 3.54. The van der Waals surface area contributed by atoms with Gasteiger partial charge in [-0.15, -0.1) is 0 Å². The predicted octanol–water partition coefficient (Wildman–Crippen LogP) is 3.04. The lowest BCUT2D eigenvalue weighted by Gasteiger charge is -2.36. The Labute approximate surface area is 120 Å². The van der Waals surface area contributed by atoms with E-state index >= 15 is 0 Å². The average Bonchev–Trinajstić information content (AvgIpc) is 2.37. The number of ether oxygens (including phenoxy) is 1. The van der Waals surface area contributed by atoms with Gasteiger partial charge in [-0.1, -0.05) is 39.3 Å². The molecule has 5 heteroatoms. The molecule has 0 aliphatic carbocycles. The first-order valence-electron chi connectivity index (χ1n) is 6.81. The van der Waals surface area contributed by atoms with Crippen molar-refractivity contribution < 1.29 is 4.74 Å². The summed E-state index contributed by atoms with van der Waals surface area (Å²) < 4.78 is 5.53. The van der Waals surface area contributed by atoms with Crippen molar-refractivity contribution in [2.45, 2.75) is 45.6 Å². The fourth-order valence-electron chi connectivity index (χ4n) is 2.18. The monoisotopic (exact) mass is 283 g/mol. The van der Waals surface area contributed by atoms with Crippen LogP contribution in [0.25, 0.3) is 0 Å². The first-order valence-corrected chi connectivity index (χ1v) is 7.19. The predicted molar refractivity (Wildman–Crippen MR) is 78.0 cm³/mol. The highest BCUT2D eigenvalue weighted by molar-refractivity contribution is 6.29. The number of hydrogen-bond acceptors (Lipinski definition) is 4. The van der Waals surface area contributed by atoms with Gasteiger partial charge in [0.15, 0.2) is 0 Å². The summed E-state index contributed by atoms with van der Waals surface area (Å²) in [6, 6.07) is 2.22. The summed E-state index contributed by atoms with van der Waals surface area (Å²) in [6.45, 7) is 10.8. The molecule has 0 bridgehead atoms. The van der Waals surface area contributed by atoms with Crippen molar-refractivity contribution in [2.75, 3.05) is 24.7 Å². The molecule has 1 saturated heterocycles. The van der Waals surface area contributed by atoms with Crippen LogP contribution in [0.4, 0.5) is 5.82 Å². The number of aromatic nitrogens is 2. The third kappa shape index (κ3) is 3.37. The number of anilines is 1. The number of morpholine rings is 1. The standard InChI is InChI=1S/C14H22ClN3O/c1-5-10-9-19-7-6-18(10)12-8-11(15)16-13(17-12)14(2,3)4/h8,10H,5-7,9H2,1-4H3. The maximum absolute atomic E-state index is 6.16. The van der Waals surface area contributed by atoms with Crippen molar-refractivity contribution in [1.82, 2.24) is 9.97 Å². The Bertz CT molecular complexity index is 445. The summed E-state index contributed by atoms with van der Waals surface area (Å²) in [6.07, 6.45) is 1.03. The van der Waals surface area contributed by atoms with Crippen LogP contribution in [-0.2, 0) is 10.2 Å². The highest BCUT2D eigenvalue weighted by atomic mass is 35.5. The average molecular weight is 284 g/mol. The Hall–Kier alpha value is -0.870. The van der Waals surface area contributed by atoms with Gasteiger partial charge in [-0.25, -0.2) is 9.97 Å². The summed E-state index contributed by atoms with van der Waals surface area (Å²) in [5.74, 6) is 1.71. The van der Waals surface area contributed by atoms with Gasteiger partial charge in [0.1, 0.15) is 16.8 Å². The Kier molecular flexibility index (Phi) is 4.31. The summed E-state index contributed by atoms with van der Waals surface area (Å²) in [5, 5.41) is 0.510. The van der Waals surface area contributed by atoms with Gasteiger partial charge in [-0.05, 0) is 6.42 Å². The van der Waals surface area contributed by atoms with Gasteiger partial charge in [0.25, 0.3) is 0 Å². The third-order valence-electron chi connectivity index (χ3n) is 3.35. The Balaban J connectivity index is 2.35. The van der Waals surface area contributed by atoms with Gasteiger partial charge in [-0.2, -0.15) is 0 Å². The second kappa shape index (κ2) is 5.63. The second-order valence-corrected chi connectivity index (χ2v) is 6.34. The molecular formula is C14H22ClN3O. The Morgan fingerprint density at radius 2 is 2.16 bits per heavy atom. The quantitative estimate of drug-likeness (QED) is 0.782. The van der Waals surface area contributed by atoms with Crippen molar-refractivity contribution in [2.24, 2.45) is 0 Å². The van der Waals surface area contributed by atoms with Crippen LogP contribution in [-0.4, -0.2) is 35.8 Å². The molecule has 1 aromatic rings. The van der Waals surface area contributed by atoms with E-state index in [1.165, 1.54) is 0 Å². The minimum absolute atomic E-state index is 0.104. The van der Waals surface area contributed by atoms with Gasteiger partial charge >= 0.3 is 0 Å². The summed E-state index contributed by atoms with van der Waals surface area (Å²) >= 11 is 6.16. The first-order chi connectivity index (χ1) is 8.91. The fraction of sp³-hybridized carbons (Fsp3) is 0.714. The van der Waals surface area contributed by atoms with Crippen LogP contribution in [0.1, 0.15) is 39.9 Å². The number of nitrogens with zero attached hydrogens (tertiary/aromatic N) is 3. The molecule has 0 spiro atoms. The zero-order chi connectivity index (χ0) is 14.0. The Morgan fingerprint density at radius 1 is 1.42 bits per heavy atom. The molecule has 19 heavy (non-hydrogen) atoms. The second-order valence-electron chi connectivity index (χ2n) is 5.95. The van der Waals surface area contributed by atoms with E-state index in [2.05, 4.69) is 37.6 Å². The van der Waals surface area contributed by atoms with Gasteiger partial charge in [0.2, 0.25) is 0 Å². The molecular weight excluding hydrogens is 262 g/mol. The smallest absolute Gasteiger partial charge is 0.137 e. The normalized spacial score (nSPS) is 20.7. The van der Waals surface area contributed by atoms with Crippen molar-refractivity contribution in [1.29, 1.82) is 0 Å². The Morgan fingerprint density at radius 3 is 2.79 bits per heavy atom. The number of hydrogen-bond donors (Lipinski definition) is 0. The van der Waals surface area contributed by atoms with Crippen LogP contribution in [0.2, 0.25) is 5.15 Å². The first kappa shape index (κ1) is 14.5. The molecule has 0 radical (unpaired) electrons. The van der Waals surface area contributed by atoms with E-state index in [4.69, 9.17) is 21.3 Å². The van der Waals surface area contributed by atoms with Crippen LogP contribution in [0, 0.1) is 0 Å². The lowest BCUT2D eigenvalue weighted by molar-refractivity contribution is 0.0925. The van der Waals surface area contributed by atoms with Crippen molar-refractivity contribution in [3.05, 3.63) is 17.0 Å². The zero-order valence-corrected chi connectivity index (χ0v) is 12.9. The van der Waals surface area contributed by atoms with Crippen LogP contribution in [0.3, 0.4) is 0 Å². The van der Waals surface area contributed by atoms with E-state index < -0.39 is 0 Å². The maximum Gasteiger partial charge on any atom is 0.137 e. The van der Waals surface area contributed by atoms with Crippen molar-refractivity contribution in [3.8, 4) is 0 Å². The minimum Gasteiger partial charge on any atom is -0.377 e. The molecule has 1 aliphatic rings. The van der Waals surface area contributed by atoms with Crippen molar-refractivity contribution >= 4 is 17.4 Å². The molecule has 2 rings (SSSR count). The van der Waals surface area contributed by atoms with Gasteiger partial charge in [-0.3, -0.25) is 0 Å². The summed E-state index contributed by atoms with van der Waals surface area (Å²) in [5.41, 5.74) is -0.104. The molecule has 1 fully saturated rings. The van der Waals surface area contributed by atoms with Gasteiger partial charge < -0.3 is 9.64 Å². The van der Waals surface area contributed by atoms with E-state index in [-0.39, 0.29) is 5.41 Å².